The van der Waals surface area contributed by atoms with Gasteiger partial charge in [-0.05, 0) is 69.3 Å². The molecule has 1 saturated carbocycles. The van der Waals surface area contributed by atoms with E-state index in [9.17, 15) is 0 Å². The number of ether oxygens (including phenoxy) is 1. The fourth-order valence-corrected chi connectivity index (χ4v) is 5.90. The standard InChI is InChI=1S/C25H34BrN7O/c1-16-8-18(26)11-20-23(16)30-25(29-19-9-17(10-19)14-34-3)31-24(20)28-13-22(33-6-4-5-7-33)21-12-27-15-32(21)2/h8,11-12,15,17,19,22H,4-7,9-10,13-14H2,1-3H3,(H2,28,29,30,31). The van der Waals surface area contributed by atoms with Gasteiger partial charge in [-0.1, -0.05) is 15.9 Å². The summed E-state index contributed by atoms with van der Waals surface area (Å²) in [6.45, 7) is 5.92. The van der Waals surface area contributed by atoms with E-state index < -0.39 is 0 Å². The zero-order chi connectivity index (χ0) is 23.7. The van der Waals surface area contributed by atoms with Crippen LogP contribution < -0.4 is 10.6 Å². The van der Waals surface area contributed by atoms with Crippen molar-refractivity contribution in [3.05, 3.63) is 40.4 Å². The molecule has 9 heteroatoms. The Morgan fingerprint density at radius 1 is 1.21 bits per heavy atom. The maximum absolute atomic E-state index is 5.30. The molecule has 0 amide bonds. The molecule has 0 bridgehead atoms. The van der Waals surface area contributed by atoms with E-state index in [-0.39, 0.29) is 6.04 Å². The SMILES string of the molecule is COCC1CC(Nc2nc(NCC(c3cncn3C)N3CCCC3)c3cc(Br)cc(C)c3n2)C1. The van der Waals surface area contributed by atoms with Gasteiger partial charge >= 0.3 is 0 Å². The van der Waals surface area contributed by atoms with Crippen LogP contribution in [0.25, 0.3) is 10.9 Å². The van der Waals surface area contributed by atoms with Crippen molar-refractivity contribution < 1.29 is 4.74 Å². The van der Waals surface area contributed by atoms with E-state index in [4.69, 9.17) is 14.7 Å². The summed E-state index contributed by atoms with van der Waals surface area (Å²) in [6, 6.07) is 4.87. The molecule has 1 aliphatic heterocycles. The van der Waals surface area contributed by atoms with Gasteiger partial charge in [0.2, 0.25) is 5.95 Å². The number of aryl methyl sites for hydroxylation is 2. The van der Waals surface area contributed by atoms with Crippen LogP contribution in [0.5, 0.6) is 0 Å². The number of anilines is 2. The molecule has 0 spiro atoms. The predicted molar refractivity (Wildman–Crippen MR) is 139 cm³/mol. The number of benzene rings is 1. The van der Waals surface area contributed by atoms with E-state index in [1.165, 1.54) is 18.5 Å². The highest BCUT2D eigenvalue weighted by molar-refractivity contribution is 9.10. The van der Waals surface area contributed by atoms with Gasteiger partial charge in [-0.15, -0.1) is 0 Å². The summed E-state index contributed by atoms with van der Waals surface area (Å²) in [7, 11) is 3.84. The number of fused-ring (bicyclic) bond motifs is 1. The third-order valence-corrected chi connectivity index (χ3v) is 7.62. The first-order valence-electron chi connectivity index (χ1n) is 12.2. The summed E-state index contributed by atoms with van der Waals surface area (Å²) in [5.74, 6) is 2.19. The van der Waals surface area contributed by atoms with E-state index in [0.717, 1.165) is 65.8 Å². The summed E-state index contributed by atoms with van der Waals surface area (Å²) in [4.78, 5) is 16.8. The smallest absolute Gasteiger partial charge is 0.225 e. The van der Waals surface area contributed by atoms with Crippen LogP contribution in [0.2, 0.25) is 0 Å². The van der Waals surface area contributed by atoms with Crippen LogP contribution in [-0.2, 0) is 11.8 Å². The number of hydrogen-bond acceptors (Lipinski definition) is 7. The number of aromatic nitrogens is 4. The predicted octanol–water partition coefficient (Wildman–Crippen LogP) is 4.52. The van der Waals surface area contributed by atoms with Crippen LogP contribution in [0.3, 0.4) is 0 Å². The summed E-state index contributed by atoms with van der Waals surface area (Å²) >= 11 is 3.66. The number of imidazole rings is 1. The van der Waals surface area contributed by atoms with Crippen LogP contribution in [0.4, 0.5) is 11.8 Å². The molecule has 2 N–H and O–H groups in total. The Labute approximate surface area is 209 Å². The van der Waals surface area contributed by atoms with Crippen molar-refractivity contribution in [1.82, 2.24) is 24.4 Å². The molecule has 1 unspecified atom stereocenters. The van der Waals surface area contributed by atoms with Crippen molar-refractivity contribution in [2.45, 2.75) is 44.7 Å². The molecule has 8 nitrogen and oxygen atoms in total. The Morgan fingerprint density at radius 2 is 2.00 bits per heavy atom. The number of nitrogens with zero attached hydrogens (tertiary/aromatic N) is 5. The van der Waals surface area contributed by atoms with Crippen molar-refractivity contribution in [3.8, 4) is 0 Å². The minimum atomic E-state index is 0.242. The van der Waals surface area contributed by atoms with Gasteiger partial charge in [0.15, 0.2) is 0 Å². The van der Waals surface area contributed by atoms with Gasteiger partial charge in [0.25, 0.3) is 0 Å². The average molecular weight is 528 g/mol. The summed E-state index contributed by atoms with van der Waals surface area (Å²) in [5.41, 5.74) is 3.34. The highest BCUT2D eigenvalue weighted by Crippen LogP contribution is 2.33. The van der Waals surface area contributed by atoms with E-state index in [1.807, 2.05) is 12.5 Å². The highest BCUT2D eigenvalue weighted by Gasteiger charge is 2.30. The molecule has 1 aliphatic carbocycles. The fraction of sp³-hybridized carbons (Fsp3) is 0.560. The van der Waals surface area contributed by atoms with Crippen LogP contribution in [0.1, 0.15) is 43.0 Å². The molecule has 2 aromatic heterocycles. The molecule has 3 aromatic rings. The van der Waals surface area contributed by atoms with Crippen molar-refractivity contribution in [2.75, 3.05) is 44.0 Å². The maximum Gasteiger partial charge on any atom is 0.225 e. The van der Waals surface area contributed by atoms with Crippen LogP contribution in [-0.4, -0.2) is 63.8 Å². The molecule has 1 aromatic carbocycles. The second-order valence-electron chi connectivity index (χ2n) is 9.72. The lowest BCUT2D eigenvalue weighted by Crippen LogP contribution is -2.38. The molecule has 34 heavy (non-hydrogen) atoms. The van der Waals surface area contributed by atoms with Gasteiger partial charge in [0, 0.05) is 49.4 Å². The Balaban J connectivity index is 1.42. The van der Waals surface area contributed by atoms with Gasteiger partial charge in [0.05, 0.1) is 23.6 Å². The number of rotatable bonds is 9. The van der Waals surface area contributed by atoms with Crippen molar-refractivity contribution in [1.29, 1.82) is 0 Å². The molecule has 1 saturated heterocycles. The Bertz CT molecular complexity index is 1140. The molecule has 2 aliphatic rings. The molecule has 5 rings (SSSR count). The summed E-state index contributed by atoms with van der Waals surface area (Å²) in [6.07, 6.45) is 8.55. The average Bonchev–Trinajstić information content (AvgIpc) is 3.46. The van der Waals surface area contributed by atoms with Crippen LogP contribution in [0, 0.1) is 12.8 Å². The first-order valence-corrected chi connectivity index (χ1v) is 13.0. The lowest BCUT2D eigenvalue weighted by Gasteiger charge is -2.35. The largest absolute Gasteiger partial charge is 0.384 e. The third-order valence-electron chi connectivity index (χ3n) is 7.17. The van der Waals surface area contributed by atoms with E-state index >= 15 is 0 Å². The molecular weight excluding hydrogens is 494 g/mol. The van der Waals surface area contributed by atoms with E-state index in [2.05, 4.69) is 67.1 Å². The molecule has 1 atom stereocenters. The first kappa shape index (κ1) is 23.5. The monoisotopic (exact) mass is 527 g/mol. The van der Waals surface area contributed by atoms with Crippen molar-refractivity contribution >= 4 is 38.6 Å². The van der Waals surface area contributed by atoms with Gasteiger partial charge in [-0.3, -0.25) is 4.90 Å². The molecule has 3 heterocycles. The number of nitrogens with one attached hydrogen (secondary N) is 2. The van der Waals surface area contributed by atoms with Gasteiger partial charge in [-0.25, -0.2) is 9.97 Å². The minimum absolute atomic E-state index is 0.242. The molecular formula is C25H34BrN7O. The lowest BCUT2D eigenvalue weighted by molar-refractivity contribution is 0.104. The molecule has 2 fully saturated rings. The second kappa shape index (κ2) is 10.2. The van der Waals surface area contributed by atoms with Gasteiger partial charge < -0.3 is 19.9 Å². The number of hydrogen-bond donors (Lipinski definition) is 2. The molecule has 0 radical (unpaired) electrons. The highest BCUT2D eigenvalue weighted by atomic mass is 79.9. The van der Waals surface area contributed by atoms with Crippen molar-refractivity contribution in [3.63, 3.8) is 0 Å². The first-order chi connectivity index (χ1) is 16.5. The lowest BCUT2D eigenvalue weighted by atomic mass is 9.81. The maximum atomic E-state index is 5.30. The number of halogens is 1. The Hall–Kier alpha value is -2.23. The number of likely N-dealkylation sites (tertiary alicyclic amines) is 1. The van der Waals surface area contributed by atoms with Crippen molar-refractivity contribution in [2.24, 2.45) is 13.0 Å². The summed E-state index contributed by atoms with van der Waals surface area (Å²) in [5, 5.41) is 8.30. The van der Waals surface area contributed by atoms with Gasteiger partial charge in [-0.2, -0.15) is 4.98 Å². The van der Waals surface area contributed by atoms with Gasteiger partial charge in [0.1, 0.15) is 5.82 Å². The molecule has 182 valence electrons. The normalized spacial score (nSPS) is 21.5. The zero-order valence-corrected chi connectivity index (χ0v) is 21.8. The summed E-state index contributed by atoms with van der Waals surface area (Å²) < 4.78 is 8.46. The Kier molecular flexibility index (Phi) is 7.04. The minimum Gasteiger partial charge on any atom is -0.384 e. The Morgan fingerprint density at radius 3 is 2.71 bits per heavy atom. The zero-order valence-electron chi connectivity index (χ0n) is 20.2. The fourth-order valence-electron chi connectivity index (χ4n) is 5.32. The third kappa shape index (κ3) is 4.92. The number of methoxy groups -OCH3 is 1. The quantitative estimate of drug-likeness (QED) is 0.423. The van der Waals surface area contributed by atoms with Crippen LogP contribution in [0.15, 0.2) is 29.1 Å². The van der Waals surface area contributed by atoms with E-state index in [0.29, 0.717) is 17.9 Å². The second-order valence-corrected chi connectivity index (χ2v) is 10.6. The van der Waals surface area contributed by atoms with E-state index in [1.54, 1.807) is 7.11 Å². The topological polar surface area (TPSA) is 80.1 Å². The van der Waals surface area contributed by atoms with Crippen LogP contribution >= 0.6 is 15.9 Å².